The third kappa shape index (κ3) is 2.99. The van der Waals surface area contributed by atoms with Crippen LogP contribution in [0, 0.1) is 0 Å². The Morgan fingerprint density at radius 3 is 2.27 bits per heavy atom. The Balaban J connectivity index is 3.99. The molecule has 0 aromatic carbocycles. The fraction of sp³-hybridized carbons (Fsp3) is 0.875. The van der Waals surface area contributed by atoms with E-state index >= 15 is 0 Å². The van der Waals surface area contributed by atoms with Gasteiger partial charge in [-0.1, -0.05) is 0 Å². The Morgan fingerprint density at radius 1 is 1.45 bits per heavy atom. The summed E-state index contributed by atoms with van der Waals surface area (Å²) in [5.74, 6) is 0.190. The van der Waals surface area contributed by atoms with Crippen LogP contribution in [0.5, 0.6) is 0 Å². The van der Waals surface area contributed by atoms with Crippen molar-refractivity contribution in [3.63, 3.8) is 0 Å². The molecule has 0 bridgehead atoms. The lowest BCUT2D eigenvalue weighted by molar-refractivity contribution is -0.122. The van der Waals surface area contributed by atoms with Crippen molar-refractivity contribution in [3.05, 3.63) is 0 Å². The van der Waals surface area contributed by atoms with Crippen LogP contribution in [0.1, 0.15) is 20.3 Å². The van der Waals surface area contributed by atoms with Gasteiger partial charge in [0.05, 0.1) is 5.54 Å². The van der Waals surface area contributed by atoms with E-state index in [2.05, 4.69) is 10.6 Å². The summed E-state index contributed by atoms with van der Waals surface area (Å²) in [5, 5.41) is 6.04. The maximum atomic E-state index is 11.1. The van der Waals surface area contributed by atoms with Crippen LogP contribution in [-0.4, -0.2) is 32.0 Å². The molecule has 0 saturated carbocycles. The molecule has 0 fully saturated rings. The van der Waals surface area contributed by atoms with Gasteiger partial charge in [-0.15, -0.1) is 0 Å². The Morgan fingerprint density at radius 2 is 2.00 bits per heavy atom. The molecule has 0 saturated heterocycles. The van der Waals surface area contributed by atoms with E-state index in [0.717, 1.165) is 13.0 Å². The lowest BCUT2D eigenvalue weighted by atomic mass is 9.93. The van der Waals surface area contributed by atoms with Crippen LogP contribution in [0.15, 0.2) is 0 Å². The molecule has 0 aromatic heterocycles. The highest BCUT2D eigenvalue weighted by molar-refractivity contribution is 5.85. The molecule has 0 amide bonds. The molecule has 0 heterocycles. The summed E-state index contributed by atoms with van der Waals surface area (Å²) >= 11 is 0. The second kappa shape index (κ2) is 4.46. The zero-order valence-electron chi connectivity index (χ0n) is 7.82. The molecule has 2 N–H and O–H groups in total. The van der Waals surface area contributed by atoms with E-state index in [1.807, 2.05) is 21.0 Å². The molecule has 3 heteroatoms. The minimum Gasteiger partial charge on any atom is -0.320 e. The maximum absolute atomic E-state index is 11.1. The van der Waals surface area contributed by atoms with Crippen molar-refractivity contribution in [3.8, 4) is 0 Å². The van der Waals surface area contributed by atoms with Crippen LogP contribution in [0.25, 0.3) is 0 Å². The highest BCUT2D eigenvalue weighted by Crippen LogP contribution is 2.08. The SMILES string of the molecule is CNCCC(C)(NC)C(C)=O. The number of carbonyl (C=O) groups is 1. The smallest absolute Gasteiger partial charge is 0.149 e. The van der Waals surface area contributed by atoms with Crippen molar-refractivity contribution in [2.45, 2.75) is 25.8 Å². The van der Waals surface area contributed by atoms with Crippen molar-refractivity contribution in [2.24, 2.45) is 0 Å². The van der Waals surface area contributed by atoms with Gasteiger partial charge in [-0.05, 0) is 40.9 Å². The number of Topliss-reactive ketones (excluding diaryl/α,β-unsaturated/α-hetero) is 1. The van der Waals surface area contributed by atoms with Gasteiger partial charge < -0.3 is 10.6 Å². The average molecular weight is 158 g/mol. The van der Waals surface area contributed by atoms with Crippen molar-refractivity contribution in [1.29, 1.82) is 0 Å². The molecule has 0 rings (SSSR count). The molecular formula is C8H18N2O. The van der Waals surface area contributed by atoms with Gasteiger partial charge in [-0.25, -0.2) is 0 Å². The molecule has 11 heavy (non-hydrogen) atoms. The summed E-state index contributed by atoms with van der Waals surface area (Å²) in [4.78, 5) is 11.1. The molecule has 0 aromatic rings. The topological polar surface area (TPSA) is 41.1 Å². The molecule has 0 spiro atoms. The number of rotatable bonds is 5. The quantitative estimate of drug-likeness (QED) is 0.599. The normalized spacial score (nSPS) is 16.0. The fourth-order valence-electron chi connectivity index (χ4n) is 0.852. The van der Waals surface area contributed by atoms with Gasteiger partial charge in [0, 0.05) is 0 Å². The van der Waals surface area contributed by atoms with Crippen molar-refractivity contribution >= 4 is 5.78 Å². The van der Waals surface area contributed by atoms with E-state index in [1.54, 1.807) is 6.92 Å². The Bertz CT molecular complexity index is 136. The zero-order valence-corrected chi connectivity index (χ0v) is 7.82. The van der Waals surface area contributed by atoms with Crippen LogP contribution >= 0.6 is 0 Å². The summed E-state index contributed by atoms with van der Waals surface area (Å²) in [6.07, 6.45) is 0.829. The second-order valence-electron chi connectivity index (χ2n) is 2.99. The molecule has 0 radical (unpaired) electrons. The van der Waals surface area contributed by atoms with Gasteiger partial charge in [-0.3, -0.25) is 4.79 Å². The van der Waals surface area contributed by atoms with Crippen LogP contribution in [0.2, 0.25) is 0 Å². The monoisotopic (exact) mass is 158 g/mol. The summed E-state index contributed by atoms with van der Waals surface area (Å²) in [5.41, 5.74) is -0.358. The van der Waals surface area contributed by atoms with Crippen molar-refractivity contribution in [2.75, 3.05) is 20.6 Å². The number of nitrogens with one attached hydrogen (secondary N) is 2. The average Bonchev–Trinajstić information content (AvgIpc) is 2.00. The molecule has 0 aliphatic rings. The minimum absolute atomic E-state index is 0.190. The summed E-state index contributed by atoms with van der Waals surface area (Å²) < 4.78 is 0. The Hall–Kier alpha value is -0.410. The van der Waals surface area contributed by atoms with E-state index < -0.39 is 0 Å². The molecular weight excluding hydrogens is 140 g/mol. The van der Waals surface area contributed by atoms with Gasteiger partial charge in [0.1, 0.15) is 5.78 Å². The van der Waals surface area contributed by atoms with E-state index in [-0.39, 0.29) is 11.3 Å². The Kier molecular flexibility index (Phi) is 4.30. The highest BCUT2D eigenvalue weighted by Gasteiger charge is 2.26. The Labute approximate surface area is 68.6 Å². The predicted octanol–water partition coefficient (Wildman–Crippen LogP) is 0.163. The summed E-state index contributed by atoms with van der Waals surface area (Å²) in [6.45, 7) is 4.40. The standard InChI is InChI=1S/C8H18N2O/c1-7(11)8(2,10-4)5-6-9-3/h9-10H,5-6H2,1-4H3. The van der Waals surface area contributed by atoms with E-state index in [1.165, 1.54) is 0 Å². The van der Waals surface area contributed by atoms with Crippen LogP contribution < -0.4 is 10.6 Å². The first-order valence-electron chi connectivity index (χ1n) is 3.91. The van der Waals surface area contributed by atoms with Crippen molar-refractivity contribution in [1.82, 2.24) is 10.6 Å². The number of hydrogen-bond donors (Lipinski definition) is 2. The largest absolute Gasteiger partial charge is 0.320 e. The minimum atomic E-state index is -0.358. The fourth-order valence-corrected chi connectivity index (χ4v) is 0.852. The van der Waals surface area contributed by atoms with Gasteiger partial charge in [0.25, 0.3) is 0 Å². The van der Waals surface area contributed by atoms with E-state index in [4.69, 9.17) is 0 Å². The number of ketones is 1. The van der Waals surface area contributed by atoms with Crippen molar-refractivity contribution < 1.29 is 4.79 Å². The highest BCUT2D eigenvalue weighted by atomic mass is 16.1. The third-order valence-corrected chi connectivity index (χ3v) is 2.20. The number of carbonyl (C=O) groups excluding carboxylic acids is 1. The summed E-state index contributed by atoms with van der Waals surface area (Å²) in [7, 11) is 3.70. The van der Waals surface area contributed by atoms with Gasteiger partial charge in [0.15, 0.2) is 0 Å². The molecule has 0 aliphatic carbocycles. The first-order chi connectivity index (χ1) is 5.06. The maximum Gasteiger partial charge on any atom is 0.149 e. The lowest BCUT2D eigenvalue weighted by Crippen LogP contribution is -2.47. The van der Waals surface area contributed by atoms with Gasteiger partial charge >= 0.3 is 0 Å². The lowest BCUT2D eigenvalue weighted by Gasteiger charge is -2.25. The van der Waals surface area contributed by atoms with Gasteiger partial charge in [-0.2, -0.15) is 0 Å². The van der Waals surface area contributed by atoms with Crippen LogP contribution in [0.3, 0.4) is 0 Å². The molecule has 1 atom stereocenters. The first kappa shape index (κ1) is 10.6. The molecule has 1 unspecified atom stereocenters. The van der Waals surface area contributed by atoms with E-state index in [0.29, 0.717) is 0 Å². The third-order valence-electron chi connectivity index (χ3n) is 2.20. The molecule has 66 valence electrons. The zero-order chi connectivity index (χ0) is 8.91. The molecule has 0 aliphatic heterocycles. The van der Waals surface area contributed by atoms with Gasteiger partial charge in [0.2, 0.25) is 0 Å². The predicted molar refractivity (Wildman–Crippen MR) is 46.7 cm³/mol. The number of likely N-dealkylation sites (N-methyl/N-ethyl adjacent to an activating group) is 1. The van der Waals surface area contributed by atoms with Crippen LogP contribution in [-0.2, 0) is 4.79 Å². The summed E-state index contributed by atoms with van der Waals surface area (Å²) in [6, 6.07) is 0. The second-order valence-corrected chi connectivity index (χ2v) is 2.99. The first-order valence-corrected chi connectivity index (χ1v) is 3.91. The van der Waals surface area contributed by atoms with Crippen LogP contribution in [0.4, 0.5) is 0 Å². The molecule has 3 nitrogen and oxygen atoms in total. The number of hydrogen-bond acceptors (Lipinski definition) is 3. The van der Waals surface area contributed by atoms with E-state index in [9.17, 15) is 4.79 Å².